The fourth-order valence-electron chi connectivity index (χ4n) is 1.86. The van der Waals surface area contributed by atoms with E-state index >= 15 is 0 Å². The molecule has 1 aromatic carbocycles. The number of halogens is 2. The average molecular weight is 353 g/mol. The number of benzene rings is 1. The summed E-state index contributed by atoms with van der Waals surface area (Å²) in [7, 11) is 3.99. The molecule has 2 aromatic rings. The molecule has 0 spiro atoms. The Morgan fingerprint density at radius 2 is 2.00 bits per heavy atom. The van der Waals surface area contributed by atoms with Crippen LogP contribution >= 0.6 is 23.2 Å². The minimum absolute atomic E-state index is 0.257. The number of aromatic nitrogens is 1. The predicted molar refractivity (Wildman–Crippen MR) is 95.7 cm³/mol. The van der Waals surface area contributed by atoms with E-state index in [1.807, 2.05) is 14.1 Å². The molecule has 2 rings (SSSR count). The van der Waals surface area contributed by atoms with E-state index in [1.54, 1.807) is 36.5 Å². The summed E-state index contributed by atoms with van der Waals surface area (Å²) in [6, 6.07) is 8.27. The first-order chi connectivity index (χ1) is 11.0. The van der Waals surface area contributed by atoms with Gasteiger partial charge in [0.2, 0.25) is 0 Å². The first-order valence-corrected chi connectivity index (χ1v) is 7.82. The fraction of sp³-hybridized carbons (Fsp3) is 0.250. The van der Waals surface area contributed by atoms with Gasteiger partial charge in [0.25, 0.3) is 5.91 Å². The Morgan fingerprint density at radius 3 is 2.70 bits per heavy atom. The second-order valence-corrected chi connectivity index (χ2v) is 6.08. The summed E-state index contributed by atoms with van der Waals surface area (Å²) in [5.41, 5.74) is 1.01. The van der Waals surface area contributed by atoms with Crippen molar-refractivity contribution in [1.82, 2.24) is 9.88 Å². The number of likely N-dealkylation sites (N-methyl/N-ethyl adjacent to an activating group) is 1. The van der Waals surface area contributed by atoms with Crippen LogP contribution in [0.2, 0.25) is 10.0 Å². The lowest BCUT2D eigenvalue weighted by atomic mass is 10.2. The number of carbonyl (C=O) groups excluding carboxylic acids is 1. The number of hydrogen-bond acceptors (Lipinski definition) is 4. The van der Waals surface area contributed by atoms with E-state index in [1.165, 1.54) is 0 Å². The highest BCUT2D eigenvalue weighted by Crippen LogP contribution is 2.25. The van der Waals surface area contributed by atoms with Crippen molar-refractivity contribution >= 4 is 40.6 Å². The van der Waals surface area contributed by atoms with Crippen LogP contribution in [-0.4, -0.2) is 43.0 Å². The van der Waals surface area contributed by atoms with Crippen LogP contribution in [0.25, 0.3) is 0 Å². The van der Waals surface area contributed by atoms with Crippen LogP contribution in [0.4, 0.5) is 11.5 Å². The molecule has 1 heterocycles. The van der Waals surface area contributed by atoms with E-state index < -0.39 is 0 Å². The van der Waals surface area contributed by atoms with Crippen LogP contribution in [0.1, 0.15) is 10.4 Å². The summed E-state index contributed by atoms with van der Waals surface area (Å²) in [6.07, 6.45) is 1.59. The highest BCUT2D eigenvalue weighted by atomic mass is 35.5. The number of carbonyl (C=O) groups is 1. The van der Waals surface area contributed by atoms with Crippen molar-refractivity contribution in [2.24, 2.45) is 0 Å². The zero-order valence-electron chi connectivity index (χ0n) is 12.9. The standard InChI is InChI=1S/C16H18Cl2N4O/c1-22(2)8-7-20-15-9-11(5-6-19-15)16(23)21-14-4-3-12(17)10-13(14)18/h3-6,9-10H,7-8H2,1-2H3,(H,19,20)(H,21,23). The van der Waals surface area contributed by atoms with E-state index in [0.717, 1.165) is 13.1 Å². The highest BCUT2D eigenvalue weighted by molar-refractivity contribution is 6.36. The first-order valence-electron chi connectivity index (χ1n) is 7.07. The molecule has 5 nitrogen and oxygen atoms in total. The topological polar surface area (TPSA) is 57.3 Å². The zero-order valence-corrected chi connectivity index (χ0v) is 14.4. The molecule has 0 unspecified atom stereocenters. The lowest BCUT2D eigenvalue weighted by Crippen LogP contribution is -2.21. The Morgan fingerprint density at radius 1 is 1.22 bits per heavy atom. The Kier molecular flexibility index (Phi) is 6.21. The number of hydrogen-bond donors (Lipinski definition) is 2. The van der Waals surface area contributed by atoms with Crippen molar-refractivity contribution in [1.29, 1.82) is 0 Å². The molecule has 0 saturated carbocycles. The maximum atomic E-state index is 12.3. The number of nitrogens with zero attached hydrogens (tertiary/aromatic N) is 2. The average Bonchev–Trinajstić information content (AvgIpc) is 2.50. The molecule has 0 fully saturated rings. The second kappa shape index (κ2) is 8.15. The minimum atomic E-state index is -0.257. The lowest BCUT2D eigenvalue weighted by Gasteiger charge is -2.12. The Balaban J connectivity index is 2.04. The van der Waals surface area contributed by atoms with E-state index in [2.05, 4.69) is 20.5 Å². The maximum Gasteiger partial charge on any atom is 0.255 e. The fourth-order valence-corrected chi connectivity index (χ4v) is 2.32. The molecule has 0 aliphatic carbocycles. The SMILES string of the molecule is CN(C)CCNc1cc(C(=O)Nc2ccc(Cl)cc2Cl)ccn1. The summed E-state index contributed by atoms with van der Waals surface area (Å²) in [5.74, 6) is 0.397. The minimum Gasteiger partial charge on any atom is -0.369 e. The molecule has 0 aliphatic rings. The van der Waals surface area contributed by atoms with Crippen LogP contribution in [0.15, 0.2) is 36.5 Å². The quantitative estimate of drug-likeness (QED) is 0.833. The molecule has 122 valence electrons. The molecule has 0 atom stereocenters. The first kappa shape index (κ1) is 17.5. The molecule has 7 heteroatoms. The van der Waals surface area contributed by atoms with Gasteiger partial charge in [-0.2, -0.15) is 0 Å². The van der Waals surface area contributed by atoms with Gasteiger partial charge in [-0.15, -0.1) is 0 Å². The molecular formula is C16H18Cl2N4O. The molecule has 0 radical (unpaired) electrons. The van der Waals surface area contributed by atoms with Gasteiger partial charge in [0, 0.05) is 29.9 Å². The van der Waals surface area contributed by atoms with Crippen molar-refractivity contribution in [2.45, 2.75) is 0 Å². The van der Waals surface area contributed by atoms with Gasteiger partial charge in [-0.1, -0.05) is 23.2 Å². The Labute approximate surface area is 145 Å². The van der Waals surface area contributed by atoms with Crippen LogP contribution in [0.5, 0.6) is 0 Å². The third-order valence-electron chi connectivity index (χ3n) is 3.07. The summed E-state index contributed by atoms with van der Waals surface area (Å²) in [5, 5.41) is 6.85. The normalized spacial score (nSPS) is 10.7. The van der Waals surface area contributed by atoms with Crippen molar-refractivity contribution in [3.63, 3.8) is 0 Å². The van der Waals surface area contributed by atoms with Gasteiger partial charge >= 0.3 is 0 Å². The molecule has 0 bridgehead atoms. The third-order valence-corrected chi connectivity index (χ3v) is 3.61. The van der Waals surface area contributed by atoms with Crippen molar-refractivity contribution in [2.75, 3.05) is 37.8 Å². The van der Waals surface area contributed by atoms with Crippen LogP contribution in [0, 0.1) is 0 Å². The van der Waals surface area contributed by atoms with Crippen molar-refractivity contribution < 1.29 is 4.79 Å². The molecule has 2 N–H and O–H groups in total. The zero-order chi connectivity index (χ0) is 16.8. The van der Waals surface area contributed by atoms with E-state index in [0.29, 0.717) is 27.1 Å². The van der Waals surface area contributed by atoms with Gasteiger partial charge in [0.15, 0.2) is 0 Å². The van der Waals surface area contributed by atoms with Crippen LogP contribution in [0.3, 0.4) is 0 Å². The number of anilines is 2. The second-order valence-electron chi connectivity index (χ2n) is 5.24. The van der Waals surface area contributed by atoms with Gasteiger partial charge in [0.05, 0.1) is 10.7 Å². The molecule has 0 saturated heterocycles. The van der Waals surface area contributed by atoms with E-state index in [-0.39, 0.29) is 5.91 Å². The summed E-state index contributed by atoms with van der Waals surface area (Å²) >= 11 is 11.9. The largest absolute Gasteiger partial charge is 0.369 e. The third kappa shape index (κ3) is 5.39. The van der Waals surface area contributed by atoms with Gasteiger partial charge in [-0.3, -0.25) is 4.79 Å². The number of nitrogens with one attached hydrogen (secondary N) is 2. The van der Waals surface area contributed by atoms with Gasteiger partial charge < -0.3 is 15.5 Å². The number of pyridine rings is 1. The molecule has 23 heavy (non-hydrogen) atoms. The molecular weight excluding hydrogens is 335 g/mol. The van der Waals surface area contributed by atoms with Crippen LogP contribution in [-0.2, 0) is 0 Å². The monoisotopic (exact) mass is 352 g/mol. The number of rotatable bonds is 6. The van der Waals surface area contributed by atoms with E-state index in [4.69, 9.17) is 23.2 Å². The van der Waals surface area contributed by atoms with E-state index in [9.17, 15) is 4.79 Å². The molecule has 0 aliphatic heterocycles. The smallest absolute Gasteiger partial charge is 0.255 e. The molecule has 1 amide bonds. The van der Waals surface area contributed by atoms with Crippen molar-refractivity contribution in [3.8, 4) is 0 Å². The van der Waals surface area contributed by atoms with Gasteiger partial charge in [-0.25, -0.2) is 4.98 Å². The Bertz CT molecular complexity index is 692. The summed E-state index contributed by atoms with van der Waals surface area (Å²) in [4.78, 5) is 18.6. The Hall–Kier alpha value is -1.82. The summed E-state index contributed by atoms with van der Waals surface area (Å²) in [6.45, 7) is 1.62. The van der Waals surface area contributed by atoms with Gasteiger partial charge in [0.1, 0.15) is 5.82 Å². The van der Waals surface area contributed by atoms with Gasteiger partial charge in [-0.05, 0) is 44.4 Å². The van der Waals surface area contributed by atoms with Crippen molar-refractivity contribution in [3.05, 3.63) is 52.1 Å². The highest BCUT2D eigenvalue weighted by Gasteiger charge is 2.10. The lowest BCUT2D eigenvalue weighted by molar-refractivity contribution is 0.102. The molecule has 1 aromatic heterocycles. The summed E-state index contributed by atoms with van der Waals surface area (Å²) < 4.78 is 0. The number of amides is 1. The maximum absolute atomic E-state index is 12.3. The predicted octanol–water partition coefficient (Wildman–Crippen LogP) is 3.61. The van der Waals surface area contributed by atoms with Crippen LogP contribution < -0.4 is 10.6 Å².